The number of halogens is 2. The van der Waals surface area contributed by atoms with Crippen LogP contribution in [0.1, 0.15) is 28.3 Å². The number of H-pyrrole nitrogens is 2. The number of nitrogens with zero attached hydrogens (tertiary/aromatic N) is 2. The largest absolute Gasteiger partial charge is 0.326 e. The Labute approximate surface area is 186 Å². The van der Waals surface area contributed by atoms with Crippen molar-refractivity contribution in [1.82, 2.24) is 19.7 Å². The van der Waals surface area contributed by atoms with E-state index < -0.39 is 0 Å². The maximum absolute atomic E-state index is 12.9. The lowest BCUT2D eigenvalue weighted by atomic mass is 9.83. The monoisotopic (exact) mass is 455 g/mol. The quantitative estimate of drug-likeness (QED) is 0.308. The molecule has 3 N–H and O–H groups in total. The zero-order valence-electron chi connectivity index (χ0n) is 15.7. The molecule has 0 fully saturated rings. The minimum atomic E-state index is -0.350. The van der Waals surface area contributed by atoms with Gasteiger partial charge in [-0.3, -0.25) is 9.78 Å². The van der Waals surface area contributed by atoms with Crippen LogP contribution < -0.4 is 10.9 Å². The number of hydrogen-bond donors (Lipinski definition) is 3. The van der Waals surface area contributed by atoms with Crippen molar-refractivity contribution in [3.63, 3.8) is 0 Å². The molecule has 0 saturated heterocycles. The van der Waals surface area contributed by atoms with Gasteiger partial charge < -0.3 is 10.3 Å². The van der Waals surface area contributed by atoms with Gasteiger partial charge in [-0.25, -0.2) is 4.68 Å². The van der Waals surface area contributed by atoms with Gasteiger partial charge in [0, 0.05) is 21.5 Å². The summed E-state index contributed by atoms with van der Waals surface area (Å²) in [4.78, 5) is 18.7. The molecule has 1 aliphatic rings. The van der Waals surface area contributed by atoms with Gasteiger partial charge in [0.15, 0.2) is 4.77 Å². The van der Waals surface area contributed by atoms with Gasteiger partial charge in [0.1, 0.15) is 11.6 Å². The maximum Gasteiger partial charge on any atom is 0.257 e. The van der Waals surface area contributed by atoms with Crippen molar-refractivity contribution in [3.8, 4) is 5.69 Å². The fraction of sp³-hybridized carbons (Fsp3) is 0.0952. The Morgan fingerprint density at radius 2 is 1.80 bits per heavy atom. The summed E-state index contributed by atoms with van der Waals surface area (Å²) < 4.78 is 2.04. The predicted molar refractivity (Wildman–Crippen MR) is 121 cm³/mol. The highest BCUT2D eigenvalue weighted by Crippen LogP contribution is 2.45. The second-order valence-corrected chi connectivity index (χ2v) is 8.33. The van der Waals surface area contributed by atoms with Crippen molar-refractivity contribution in [2.75, 3.05) is 5.32 Å². The van der Waals surface area contributed by atoms with Crippen LogP contribution in [0.2, 0.25) is 10.0 Å². The fourth-order valence-corrected chi connectivity index (χ4v) is 4.43. The highest BCUT2D eigenvalue weighted by Gasteiger charge is 2.35. The molecule has 5 rings (SSSR count). The molecule has 0 aliphatic carbocycles. The van der Waals surface area contributed by atoms with Crippen LogP contribution in [-0.4, -0.2) is 19.7 Å². The lowest BCUT2D eigenvalue weighted by Gasteiger charge is -2.27. The SMILES string of the molecule is Cc1nn(-c2cccc(Cl)c2)c2c1C(c1ccc(Cl)cc1)c1c([nH]c(=S)[nH]c1=O)N2. The topological polar surface area (TPSA) is 78.5 Å². The molecule has 150 valence electrons. The molecule has 3 heterocycles. The van der Waals surface area contributed by atoms with E-state index in [9.17, 15) is 4.79 Å². The molecule has 0 amide bonds. The van der Waals surface area contributed by atoms with E-state index in [1.54, 1.807) is 4.68 Å². The third kappa shape index (κ3) is 3.06. The van der Waals surface area contributed by atoms with Gasteiger partial charge in [-0.15, -0.1) is 0 Å². The van der Waals surface area contributed by atoms with E-state index in [1.807, 2.05) is 55.5 Å². The normalized spacial score (nSPS) is 14.7. The summed E-state index contributed by atoms with van der Waals surface area (Å²) in [5.74, 6) is 0.940. The van der Waals surface area contributed by atoms with Crippen LogP contribution in [0, 0.1) is 11.7 Å². The highest BCUT2D eigenvalue weighted by atomic mass is 35.5. The van der Waals surface area contributed by atoms with Crippen LogP contribution in [-0.2, 0) is 0 Å². The summed E-state index contributed by atoms with van der Waals surface area (Å²) in [6, 6.07) is 14.9. The summed E-state index contributed by atoms with van der Waals surface area (Å²) in [6.07, 6.45) is 0. The number of aryl methyl sites for hydroxylation is 1. The van der Waals surface area contributed by atoms with Gasteiger partial charge in [0.25, 0.3) is 5.56 Å². The minimum Gasteiger partial charge on any atom is -0.326 e. The fourth-order valence-electron chi connectivity index (χ4n) is 3.92. The zero-order chi connectivity index (χ0) is 21.0. The molecule has 0 bridgehead atoms. The molecular formula is C21H15Cl2N5OS. The maximum atomic E-state index is 12.9. The number of nitrogens with one attached hydrogen (secondary N) is 3. The Morgan fingerprint density at radius 1 is 1.03 bits per heavy atom. The molecule has 1 aliphatic heterocycles. The van der Waals surface area contributed by atoms with Crippen LogP contribution in [0.3, 0.4) is 0 Å². The van der Waals surface area contributed by atoms with Crippen molar-refractivity contribution in [2.45, 2.75) is 12.8 Å². The minimum absolute atomic E-state index is 0.245. The molecule has 0 spiro atoms. The van der Waals surface area contributed by atoms with E-state index in [0.717, 1.165) is 28.3 Å². The van der Waals surface area contributed by atoms with Crippen LogP contribution in [0.4, 0.5) is 11.6 Å². The lowest BCUT2D eigenvalue weighted by Crippen LogP contribution is -2.26. The van der Waals surface area contributed by atoms with Gasteiger partial charge in [0.2, 0.25) is 0 Å². The van der Waals surface area contributed by atoms with Gasteiger partial charge >= 0.3 is 0 Å². The van der Waals surface area contributed by atoms with Crippen molar-refractivity contribution < 1.29 is 0 Å². The Kier molecular flexibility index (Phi) is 4.54. The highest BCUT2D eigenvalue weighted by molar-refractivity contribution is 7.71. The first-order chi connectivity index (χ1) is 14.4. The zero-order valence-corrected chi connectivity index (χ0v) is 18.0. The molecule has 4 aromatic rings. The van der Waals surface area contributed by atoms with Gasteiger partial charge in [0.05, 0.1) is 16.9 Å². The number of anilines is 2. The van der Waals surface area contributed by atoms with E-state index in [4.69, 9.17) is 40.5 Å². The summed E-state index contributed by atoms with van der Waals surface area (Å²) in [5, 5.41) is 9.31. The third-order valence-electron chi connectivity index (χ3n) is 5.16. The van der Waals surface area contributed by atoms with E-state index in [2.05, 4.69) is 15.3 Å². The molecule has 2 aromatic heterocycles. The lowest BCUT2D eigenvalue weighted by molar-refractivity contribution is 0.863. The average Bonchev–Trinajstić information content (AvgIpc) is 3.03. The number of hydrogen-bond acceptors (Lipinski definition) is 4. The first-order valence-corrected chi connectivity index (χ1v) is 10.3. The molecule has 0 saturated carbocycles. The first-order valence-electron chi connectivity index (χ1n) is 9.17. The Bertz CT molecular complexity index is 1400. The second-order valence-electron chi connectivity index (χ2n) is 7.05. The molecular weight excluding hydrogens is 441 g/mol. The molecule has 0 radical (unpaired) electrons. The predicted octanol–water partition coefficient (Wildman–Crippen LogP) is 5.47. The Hall–Kier alpha value is -2.87. The van der Waals surface area contributed by atoms with E-state index in [1.165, 1.54) is 0 Å². The first kappa shape index (κ1) is 19.1. The molecule has 30 heavy (non-hydrogen) atoms. The van der Waals surface area contributed by atoms with Crippen LogP contribution in [0.25, 0.3) is 5.69 Å². The van der Waals surface area contributed by atoms with E-state index >= 15 is 0 Å². The smallest absolute Gasteiger partial charge is 0.257 e. The van der Waals surface area contributed by atoms with Gasteiger partial charge in [-0.2, -0.15) is 5.10 Å². The number of benzene rings is 2. The molecule has 6 nitrogen and oxygen atoms in total. The standard InChI is InChI=1S/C21H15Cl2N5OS/c1-10-15-16(11-5-7-12(22)8-6-11)17-18(25-21(30)26-20(17)29)24-19(15)28(27-10)14-4-2-3-13(23)9-14/h2-9,16H,1H3,(H3,24,25,26,29,30). The Morgan fingerprint density at radius 3 is 2.53 bits per heavy atom. The summed E-state index contributed by atoms with van der Waals surface area (Å²) in [7, 11) is 0. The third-order valence-corrected chi connectivity index (χ3v) is 5.85. The van der Waals surface area contributed by atoms with E-state index in [-0.39, 0.29) is 16.2 Å². The summed E-state index contributed by atoms with van der Waals surface area (Å²) in [6.45, 7) is 1.93. The second kappa shape index (κ2) is 7.12. The van der Waals surface area contributed by atoms with E-state index in [0.29, 0.717) is 21.4 Å². The molecule has 1 atom stereocenters. The number of fused-ring (bicyclic) bond motifs is 2. The molecule has 9 heteroatoms. The molecule has 2 aromatic carbocycles. The van der Waals surface area contributed by atoms with Crippen LogP contribution >= 0.6 is 35.4 Å². The van der Waals surface area contributed by atoms with Crippen molar-refractivity contribution in [1.29, 1.82) is 0 Å². The van der Waals surface area contributed by atoms with Crippen molar-refractivity contribution in [3.05, 3.63) is 96.1 Å². The van der Waals surface area contributed by atoms with Crippen molar-refractivity contribution in [2.24, 2.45) is 0 Å². The van der Waals surface area contributed by atoms with Crippen LogP contribution in [0.15, 0.2) is 53.3 Å². The summed E-state index contributed by atoms with van der Waals surface area (Å²) in [5.41, 5.74) is 3.73. The number of aromatic nitrogens is 4. The van der Waals surface area contributed by atoms with Gasteiger partial charge in [-0.1, -0.05) is 41.4 Å². The van der Waals surface area contributed by atoms with Gasteiger partial charge in [-0.05, 0) is 55.0 Å². The average molecular weight is 456 g/mol. The molecule has 1 unspecified atom stereocenters. The number of aromatic amines is 2. The summed E-state index contributed by atoms with van der Waals surface area (Å²) >= 11 is 17.5. The van der Waals surface area contributed by atoms with Crippen LogP contribution in [0.5, 0.6) is 0 Å². The number of rotatable bonds is 2. The Balaban J connectivity index is 1.82. The van der Waals surface area contributed by atoms with Crippen molar-refractivity contribution >= 4 is 47.1 Å².